The largest absolute Gasteiger partial charge is 0.368 e. The lowest BCUT2D eigenvalue weighted by molar-refractivity contribution is -0.119. The molecule has 2 aliphatic rings. The van der Waals surface area contributed by atoms with Gasteiger partial charge in [0.2, 0.25) is 5.91 Å². The average Bonchev–Trinajstić information content (AvgIpc) is 3.18. The van der Waals surface area contributed by atoms with Crippen molar-refractivity contribution in [2.45, 2.75) is 31.2 Å². The molecule has 7 nitrogen and oxygen atoms in total. The molecular formula is C17H16FN5O2S. The van der Waals surface area contributed by atoms with Gasteiger partial charge in [-0.15, -0.1) is 11.3 Å². The summed E-state index contributed by atoms with van der Waals surface area (Å²) in [6.45, 7) is 0. The topological polar surface area (TPSA) is 101 Å². The van der Waals surface area contributed by atoms with E-state index in [0.29, 0.717) is 16.7 Å². The van der Waals surface area contributed by atoms with Crippen LogP contribution in [0.1, 0.15) is 30.9 Å². The molecule has 1 aromatic carbocycles. The fourth-order valence-electron chi connectivity index (χ4n) is 2.78. The SMILES string of the molecule is NC(=O)C1CC(C(=O)Nc2nc(C3CC3)cs2)=NN1c1ccc(F)cc1. The highest BCUT2D eigenvalue weighted by Crippen LogP contribution is 2.40. The molecule has 0 saturated heterocycles. The summed E-state index contributed by atoms with van der Waals surface area (Å²) >= 11 is 1.37. The summed E-state index contributed by atoms with van der Waals surface area (Å²) in [5.41, 5.74) is 7.12. The number of carbonyl (C=O) groups excluding carboxylic acids is 2. The van der Waals surface area contributed by atoms with Crippen LogP contribution in [0.2, 0.25) is 0 Å². The molecule has 1 unspecified atom stereocenters. The van der Waals surface area contributed by atoms with Gasteiger partial charge in [0.05, 0.1) is 11.4 Å². The van der Waals surface area contributed by atoms with Crippen molar-refractivity contribution in [1.82, 2.24) is 4.98 Å². The molecule has 1 aromatic heterocycles. The van der Waals surface area contributed by atoms with Crippen LogP contribution in [0.4, 0.5) is 15.2 Å². The van der Waals surface area contributed by atoms with Gasteiger partial charge >= 0.3 is 0 Å². The molecule has 1 aliphatic carbocycles. The van der Waals surface area contributed by atoms with Gasteiger partial charge in [0.1, 0.15) is 17.6 Å². The van der Waals surface area contributed by atoms with E-state index in [1.54, 1.807) is 0 Å². The molecule has 0 bridgehead atoms. The number of anilines is 2. The van der Waals surface area contributed by atoms with Crippen LogP contribution in [-0.2, 0) is 9.59 Å². The van der Waals surface area contributed by atoms with Crippen LogP contribution in [0.3, 0.4) is 0 Å². The van der Waals surface area contributed by atoms with Crippen molar-refractivity contribution in [2.75, 3.05) is 10.3 Å². The first kappa shape index (κ1) is 16.6. The Hall–Kier alpha value is -2.81. The molecule has 4 rings (SSSR count). The molecule has 0 spiro atoms. The number of hydrogen-bond donors (Lipinski definition) is 2. The zero-order valence-corrected chi connectivity index (χ0v) is 14.5. The third-order valence-electron chi connectivity index (χ3n) is 4.33. The Balaban J connectivity index is 1.52. The minimum Gasteiger partial charge on any atom is -0.368 e. The molecule has 1 fully saturated rings. The number of thiazole rings is 1. The number of nitrogens with zero attached hydrogens (tertiary/aromatic N) is 3. The second-order valence-electron chi connectivity index (χ2n) is 6.30. The lowest BCUT2D eigenvalue weighted by Gasteiger charge is -2.20. The molecule has 26 heavy (non-hydrogen) atoms. The summed E-state index contributed by atoms with van der Waals surface area (Å²) in [4.78, 5) is 28.7. The van der Waals surface area contributed by atoms with Crippen LogP contribution in [0.15, 0.2) is 34.7 Å². The normalized spacial score (nSPS) is 19.3. The van der Waals surface area contributed by atoms with E-state index in [1.165, 1.54) is 40.6 Å². The van der Waals surface area contributed by atoms with Gasteiger partial charge in [0.15, 0.2) is 5.13 Å². The molecule has 134 valence electrons. The quantitative estimate of drug-likeness (QED) is 0.839. The Morgan fingerprint density at radius 1 is 1.27 bits per heavy atom. The Labute approximate surface area is 152 Å². The van der Waals surface area contributed by atoms with Crippen molar-refractivity contribution in [1.29, 1.82) is 0 Å². The maximum absolute atomic E-state index is 13.1. The number of aromatic nitrogens is 1. The van der Waals surface area contributed by atoms with E-state index in [2.05, 4.69) is 15.4 Å². The van der Waals surface area contributed by atoms with Crippen molar-refractivity contribution in [3.05, 3.63) is 41.2 Å². The Kier molecular flexibility index (Phi) is 4.15. The van der Waals surface area contributed by atoms with Crippen molar-refractivity contribution in [3.63, 3.8) is 0 Å². The highest BCUT2D eigenvalue weighted by atomic mass is 32.1. The second-order valence-corrected chi connectivity index (χ2v) is 7.15. The summed E-state index contributed by atoms with van der Waals surface area (Å²) in [6, 6.07) is 4.70. The monoisotopic (exact) mass is 373 g/mol. The van der Waals surface area contributed by atoms with E-state index >= 15 is 0 Å². The van der Waals surface area contributed by atoms with E-state index in [9.17, 15) is 14.0 Å². The third kappa shape index (κ3) is 3.30. The minimum atomic E-state index is -0.792. The molecule has 1 saturated carbocycles. The van der Waals surface area contributed by atoms with E-state index in [-0.39, 0.29) is 12.1 Å². The summed E-state index contributed by atoms with van der Waals surface area (Å²) in [5.74, 6) is -0.918. The number of nitrogens with two attached hydrogens (primary N) is 1. The predicted molar refractivity (Wildman–Crippen MR) is 96.6 cm³/mol. The Bertz CT molecular complexity index is 891. The molecule has 2 amide bonds. The fraction of sp³-hybridized carbons (Fsp3) is 0.294. The molecule has 2 heterocycles. The van der Waals surface area contributed by atoms with Crippen LogP contribution in [-0.4, -0.2) is 28.6 Å². The van der Waals surface area contributed by atoms with Gasteiger partial charge in [-0.3, -0.25) is 19.9 Å². The first-order valence-electron chi connectivity index (χ1n) is 8.19. The number of amides is 2. The lowest BCUT2D eigenvalue weighted by atomic mass is 10.1. The van der Waals surface area contributed by atoms with E-state index in [4.69, 9.17) is 5.73 Å². The zero-order chi connectivity index (χ0) is 18.3. The van der Waals surface area contributed by atoms with Gasteiger partial charge in [-0.25, -0.2) is 9.37 Å². The molecule has 3 N–H and O–H groups in total. The maximum Gasteiger partial charge on any atom is 0.273 e. The number of hydrazone groups is 1. The molecule has 9 heteroatoms. The highest BCUT2D eigenvalue weighted by Gasteiger charge is 2.35. The van der Waals surface area contributed by atoms with Gasteiger partial charge in [-0.05, 0) is 37.1 Å². The number of hydrogen-bond acceptors (Lipinski definition) is 6. The first-order valence-corrected chi connectivity index (χ1v) is 9.07. The van der Waals surface area contributed by atoms with Gasteiger partial charge in [-0.2, -0.15) is 5.10 Å². The summed E-state index contributed by atoms with van der Waals surface area (Å²) in [6.07, 6.45) is 2.35. The van der Waals surface area contributed by atoms with E-state index in [1.807, 2.05) is 5.38 Å². The van der Waals surface area contributed by atoms with Crippen molar-refractivity contribution in [3.8, 4) is 0 Å². The summed E-state index contributed by atoms with van der Waals surface area (Å²) in [7, 11) is 0. The minimum absolute atomic E-state index is 0.0827. The molecule has 1 atom stereocenters. The predicted octanol–water partition coefficient (Wildman–Crippen LogP) is 2.22. The smallest absolute Gasteiger partial charge is 0.273 e. The lowest BCUT2D eigenvalue weighted by Crippen LogP contribution is -2.39. The van der Waals surface area contributed by atoms with Crippen molar-refractivity contribution < 1.29 is 14.0 Å². The Morgan fingerprint density at radius 3 is 2.65 bits per heavy atom. The van der Waals surface area contributed by atoms with Gasteiger partial charge in [0.25, 0.3) is 5.91 Å². The molecular weight excluding hydrogens is 357 g/mol. The maximum atomic E-state index is 13.1. The zero-order valence-electron chi connectivity index (χ0n) is 13.7. The first-order chi connectivity index (χ1) is 12.5. The summed E-state index contributed by atoms with van der Waals surface area (Å²) < 4.78 is 13.1. The van der Waals surface area contributed by atoms with Crippen LogP contribution in [0.25, 0.3) is 0 Å². The molecule has 2 aromatic rings. The third-order valence-corrected chi connectivity index (χ3v) is 5.11. The number of carbonyl (C=O) groups is 2. The Morgan fingerprint density at radius 2 is 2.00 bits per heavy atom. The fourth-order valence-corrected chi connectivity index (χ4v) is 3.57. The van der Waals surface area contributed by atoms with Gasteiger partial charge < -0.3 is 5.73 Å². The van der Waals surface area contributed by atoms with Crippen molar-refractivity contribution in [2.24, 2.45) is 10.8 Å². The van der Waals surface area contributed by atoms with Crippen molar-refractivity contribution >= 4 is 39.7 Å². The molecule has 1 aliphatic heterocycles. The second kappa shape index (κ2) is 6.49. The average molecular weight is 373 g/mol. The molecule has 0 radical (unpaired) electrons. The van der Waals surface area contributed by atoms with Crippen LogP contribution in [0, 0.1) is 5.82 Å². The number of benzene rings is 1. The highest BCUT2D eigenvalue weighted by molar-refractivity contribution is 7.14. The van der Waals surface area contributed by atoms with E-state index < -0.39 is 23.7 Å². The van der Waals surface area contributed by atoms with Gasteiger partial charge in [0, 0.05) is 17.7 Å². The van der Waals surface area contributed by atoms with E-state index in [0.717, 1.165) is 18.5 Å². The standard InChI is InChI=1S/C17H16FN5O2S/c18-10-3-5-11(6-4-10)23-14(15(19)24)7-12(22-23)16(25)21-17-20-13(8-26-17)9-1-2-9/h3-6,8-9,14H,1-2,7H2,(H2,19,24)(H,20,21,25). The summed E-state index contributed by atoms with van der Waals surface area (Å²) in [5, 5.41) is 10.8. The van der Waals surface area contributed by atoms with Crippen LogP contribution in [0.5, 0.6) is 0 Å². The number of primary amides is 1. The van der Waals surface area contributed by atoms with Crippen LogP contribution < -0.4 is 16.1 Å². The number of halogens is 1. The van der Waals surface area contributed by atoms with Gasteiger partial charge in [-0.1, -0.05) is 0 Å². The number of nitrogens with one attached hydrogen (secondary N) is 1. The van der Waals surface area contributed by atoms with Crippen LogP contribution >= 0.6 is 11.3 Å². The number of rotatable bonds is 5.